The number of benzene rings is 1. The number of aromatic nitrogens is 1. The van der Waals surface area contributed by atoms with Gasteiger partial charge in [-0.2, -0.15) is 5.90 Å². The Morgan fingerprint density at radius 1 is 1.47 bits per heavy atom. The van der Waals surface area contributed by atoms with E-state index >= 15 is 0 Å². The third kappa shape index (κ3) is 2.15. The standard InChI is InChI=1S/C12H15N3O2/c1-15-7-8(6-10(13)12(16)17-14)9-4-2-3-5-11(9)15/h2-5,7,10H,6,13-14H2,1H3. The van der Waals surface area contributed by atoms with E-state index in [1.54, 1.807) is 0 Å². The monoisotopic (exact) mass is 233 g/mol. The molecule has 4 N–H and O–H groups in total. The Balaban J connectivity index is 2.33. The fraction of sp³-hybridized carbons (Fsp3) is 0.250. The van der Waals surface area contributed by atoms with E-state index in [1.165, 1.54) is 0 Å². The third-order valence-electron chi connectivity index (χ3n) is 2.84. The Hall–Kier alpha value is -1.85. The van der Waals surface area contributed by atoms with Crippen molar-refractivity contribution in [1.29, 1.82) is 0 Å². The minimum atomic E-state index is -0.731. The lowest BCUT2D eigenvalue weighted by atomic mass is 10.1. The molecule has 0 aliphatic rings. The molecule has 0 spiro atoms. The molecule has 0 saturated carbocycles. The van der Waals surface area contributed by atoms with Gasteiger partial charge in [0.15, 0.2) is 0 Å². The van der Waals surface area contributed by atoms with Gasteiger partial charge in [0.25, 0.3) is 0 Å². The maximum absolute atomic E-state index is 11.2. The number of nitrogens with zero attached hydrogens (tertiary/aromatic N) is 1. The first-order valence-corrected chi connectivity index (χ1v) is 5.32. The van der Waals surface area contributed by atoms with Crippen LogP contribution in [0.15, 0.2) is 30.5 Å². The van der Waals surface area contributed by atoms with Gasteiger partial charge in [-0.05, 0) is 11.6 Å². The van der Waals surface area contributed by atoms with E-state index in [9.17, 15) is 4.79 Å². The molecule has 2 aromatic rings. The molecule has 0 saturated heterocycles. The molecule has 1 aromatic carbocycles. The molecule has 1 unspecified atom stereocenters. The van der Waals surface area contributed by atoms with Crippen molar-refractivity contribution in [3.8, 4) is 0 Å². The number of hydrogen-bond acceptors (Lipinski definition) is 4. The second-order valence-electron chi connectivity index (χ2n) is 4.03. The summed E-state index contributed by atoms with van der Waals surface area (Å²) in [5.74, 6) is 4.21. The summed E-state index contributed by atoms with van der Waals surface area (Å²) in [6, 6.07) is 7.22. The molecule has 0 fully saturated rings. The summed E-state index contributed by atoms with van der Waals surface area (Å²) in [5.41, 5.74) is 7.82. The summed E-state index contributed by atoms with van der Waals surface area (Å²) >= 11 is 0. The SMILES string of the molecule is Cn1cc(CC(N)C(=O)ON)c2ccccc21. The van der Waals surface area contributed by atoms with Crippen LogP contribution >= 0.6 is 0 Å². The molecule has 5 heteroatoms. The van der Waals surface area contributed by atoms with Crippen LogP contribution in [-0.2, 0) is 23.1 Å². The molecule has 0 radical (unpaired) electrons. The lowest BCUT2D eigenvalue weighted by molar-refractivity contribution is -0.145. The molecule has 0 bridgehead atoms. The largest absolute Gasteiger partial charge is 0.372 e. The van der Waals surface area contributed by atoms with Crippen LogP contribution in [0.5, 0.6) is 0 Å². The smallest absolute Gasteiger partial charge is 0.341 e. The van der Waals surface area contributed by atoms with Gasteiger partial charge in [-0.1, -0.05) is 18.2 Å². The molecule has 1 atom stereocenters. The number of rotatable bonds is 3. The van der Waals surface area contributed by atoms with Crippen LogP contribution < -0.4 is 11.6 Å². The molecule has 17 heavy (non-hydrogen) atoms. The highest BCUT2D eigenvalue weighted by atomic mass is 16.7. The zero-order valence-corrected chi connectivity index (χ0v) is 9.59. The van der Waals surface area contributed by atoms with E-state index < -0.39 is 12.0 Å². The number of hydrogen-bond donors (Lipinski definition) is 2. The molecule has 1 heterocycles. The second kappa shape index (κ2) is 4.57. The van der Waals surface area contributed by atoms with Crippen molar-refractivity contribution in [1.82, 2.24) is 4.57 Å². The van der Waals surface area contributed by atoms with E-state index in [-0.39, 0.29) is 0 Å². The summed E-state index contributed by atoms with van der Waals surface area (Å²) < 4.78 is 2.01. The van der Waals surface area contributed by atoms with Crippen LogP contribution in [0.2, 0.25) is 0 Å². The molecule has 0 amide bonds. The average molecular weight is 233 g/mol. The molecule has 5 nitrogen and oxygen atoms in total. The van der Waals surface area contributed by atoms with Crippen LogP contribution in [0.1, 0.15) is 5.56 Å². The minimum absolute atomic E-state index is 0.414. The molecular weight excluding hydrogens is 218 g/mol. The Kier molecular flexibility index (Phi) is 3.12. The summed E-state index contributed by atoms with van der Waals surface area (Å²) in [6.45, 7) is 0. The van der Waals surface area contributed by atoms with Gasteiger partial charge >= 0.3 is 5.97 Å². The second-order valence-corrected chi connectivity index (χ2v) is 4.03. The van der Waals surface area contributed by atoms with E-state index in [0.29, 0.717) is 6.42 Å². The number of carbonyl (C=O) groups is 1. The average Bonchev–Trinajstić information content (AvgIpc) is 2.66. The van der Waals surface area contributed by atoms with Crippen LogP contribution in [0.4, 0.5) is 0 Å². The lowest BCUT2D eigenvalue weighted by Crippen LogP contribution is -2.35. The first-order valence-electron chi connectivity index (χ1n) is 5.32. The van der Waals surface area contributed by atoms with Crippen molar-refractivity contribution in [2.45, 2.75) is 12.5 Å². The van der Waals surface area contributed by atoms with Gasteiger partial charge in [0, 0.05) is 30.6 Å². The first-order chi connectivity index (χ1) is 8.13. The van der Waals surface area contributed by atoms with Gasteiger partial charge < -0.3 is 15.1 Å². The summed E-state index contributed by atoms with van der Waals surface area (Å²) in [7, 11) is 1.96. The molecule has 90 valence electrons. The van der Waals surface area contributed by atoms with Gasteiger partial charge in [-0.15, -0.1) is 0 Å². The van der Waals surface area contributed by atoms with Crippen LogP contribution in [-0.4, -0.2) is 16.6 Å². The Morgan fingerprint density at radius 3 is 2.88 bits per heavy atom. The maximum Gasteiger partial charge on any atom is 0.341 e. The number of nitrogens with two attached hydrogens (primary N) is 2. The Labute approximate surface area is 98.9 Å². The predicted octanol–water partition coefficient (Wildman–Crippen LogP) is 0.465. The number of fused-ring (bicyclic) bond motifs is 1. The minimum Gasteiger partial charge on any atom is -0.372 e. The van der Waals surface area contributed by atoms with Gasteiger partial charge in [-0.3, -0.25) is 0 Å². The highest BCUT2D eigenvalue weighted by Gasteiger charge is 2.17. The molecule has 0 aliphatic heterocycles. The van der Waals surface area contributed by atoms with E-state index in [1.807, 2.05) is 42.1 Å². The van der Waals surface area contributed by atoms with Crippen molar-refractivity contribution >= 4 is 16.9 Å². The highest BCUT2D eigenvalue weighted by Crippen LogP contribution is 2.21. The van der Waals surface area contributed by atoms with Crippen LogP contribution in [0, 0.1) is 0 Å². The maximum atomic E-state index is 11.2. The van der Waals surface area contributed by atoms with Gasteiger partial charge in [0.2, 0.25) is 0 Å². The molecule has 0 aliphatic carbocycles. The lowest BCUT2D eigenvalue weighted by Gasteiger charge is -2.07. The molecule has 1 aromatic heterocycles. The topological polar surface area (TPSA) is 83.3 Å². The van der Waals surface area contributed by atoms with Crippen LogP contribution in [0.25, 0.3) is 10.9 Å². The van der Waals surface area contributed by atoms with E-state index in [4.69, 9.17) is 11.6 Å². The summed E-state index contributed by atoms with van der Waals surface area (Å²) in [4.78, 5) is 15.3. The van der Waals surface area contributed by atoms with Crippen molar-refractivity contribution < 1.29 is 9.63 Å². The Morgan fingerprint density at radius 2 is 2.18 bits per heavy atom. The fourth-order valence-corrected chi connectivity index (χ4v) is 2.00. The highest BCUT2D eigenvalue weighted by molar-refractivity contribution is 5.85. The number of carbonyl (C=O) groups excluding carboxylic acids is 1. The zero-order chi connectivity index (χ0) is 12.4. The number of aryl methyl sites for hydroxylation is 1. The van der Waals surface area contributed by atoms with Gasteiger partial charge in [-0.25, -0.2) is 4.79 Å². The molecule has 2 rings (SSSR count). The van der Waals surface area contributed by atoms with Crippen molar-refractivity contribution in [3.05, 3.63) is 36.0 Å². The van der Waals surface area contributed by atoms with E-state index in [2.05, 4.69) is 4.84 Å². The third-order valence-corrected chi connectivity index (χ3v) is 2.84. The molecular formula is C12H15N3O2. The van der Waals surface area contributed by atoms with E-state index in [0.717, 1.165) is 16.5 Å². The van der Waals surface area contributed by atoms with Crippen molar-refractivity contribution in [3.63, 3.8) is 0 Å². The predicted molar refractivity (Wildman–Crippen MR) is 64.9 cm³/mol. The number of para-hydroxylation sites is 1. The zero-order valence-electron chi connectivity index (χ0n) is 9.59. The van der Waals surface area contributed by atoms with Crippen LogP contribution in [0.3, 0.4) is 0 Å². The fourth-order valence-electron chi connectivity index (χ4n) is 2.00. The summed E-state index contributed by atoms with van der Waals surface area (Å²) in [5, 5.41) is 1.09. The van der Waals surface area contributed by atoms with Gasteiger partial charge in [0.05, 0.1) is 0 Å². The Bertz CT molecular complexity index is 548. The van der Waals surface area contributed by atoms with Gasteiger partial charge in [0.1, 0.15) is 6.04 Å². The first kappa shape index (κ1) is 11.6. The normalized spacial score (nSPS) is 12.6. The summed E-state index contributed by atoms with van der Waals surface area (Å²) in [6.07, 6.45) is 2.38. The quantitative estimate of drug-likeness (QED) is 0.755. The van der Waals surface area contributed by atoms with Crippen molar-refractivity contribution in [2.75, 3.05) is 0 Å². The van der Waals surface area contributed by atoms with Crippen molar-refractivity contribution in [2.24, 2.45) is 18.7 Å².